The average Bonchev–Trinajstić information content (AvgIpc) is 2.73. The predicted molar refractivity (Wildman–Crippen MR) is 145 cm³/mol. The van der Waals surface area contributed by atoms with Gasteiger partial charge in [-0.2, -0.15) is 0 Å². The van der Waals surface area contributed by atoms with Crippen LogP contribution in [0.15, 0.2) is 0 Å². The summed E-state index contributed by atoms with van der Waals surface area (Å²) in [5, 5.41) is 0. The normalized spacial score (nSPS) is 16.3. The van der Waals surface area contributed by atoms with Gasteiger partial charge in [-0.3, -0.25) is 0 Å². The quantitative estimate of drug-likeness (QED) is 0.157. The van der Waals surface area contributed by atoms with Crippen LogP contribution < -0.4 is 0 Å². The summed E-state index contributed by atoms with van der Waals surface area (Å²) in [5.74, 6) is 1.80. The van der Waals surface area contributed by atoms with Crippen LogP contribution in [0.3, 0.4) is 0 Å². The van der Waals surface area contributed by atoms with E-state index in [2.05, 4.69) is 55.4 Å². The van der Waals surface area contributed by atoms with E-state index in [0.29, 0.717) is 10.8 Å². The number of hydrogen-bond donors (Lipinski definition) is 0. The fourth-order valence-corrected chi connectivity index (χ4v) is 6.66. The van der Waals surface area contributed by atoms with E-state index in [9.17, 15) is 0 Å². The largest absolute Gasteiger partial charge is 0.0654 e. The summed E-state index contributed by atoms with van der Waals surface area (Å²) in [7, 11) is 0. The van der Waals surface area contributed by atoms with Crippen molar-refractivity contribution < 1.29 is 0 Å². The van der Waals surface area contributed by atoms with Gasteiger partial charge < -0.3 is 0 Å². The zero-order valence-electron chi connectivity index (χ0n) is 23.6. The van der Waals surface area contributed by atoms with Gasteiger partial charge in [0.1, 0.15) is 0 Å². The molecule has 0 aromatic rings. The van der Waals surface area contributed by atoms with Crippen LogP contribution in [0.2, 0.25) is 0 Å². The molecule has 0 amide bonds. The second-order valence-corrected chi connectivity index (χ2v) is 11.9. The summed E-state index contributed by atoms with van der Waals surface area (Å²) >= 11 is 0. The molecule has 3 atom stereocenters. The van der Waals surface area contributed by atoms with Crippen LogP contribution in [0.1, 0.15) is 177 Å². The topological polar surface area (TPSA) is 0 Å². The molecule has 0 saturated carbocycles. The lowest BCUT2D eigenvalue weighted by atomic mass is 9.53. The van der Waals surface area contributed by atoms with Gasteiger partial charge in [0.15, 0.2) is 0 Å². The van der Waals surface area contributed by atoms with Crippen molar-refractivity contribution >= 4 is 0 Å². The fourth-order valence-electron chi connectivity index (χ4n) is 6.66. The van der Waals surface area contributed by atoms with Crippen molar-refractivity contribution in [1.29, 1.82) is 0 Å². The summed E-state index contributed by atoms with van der Waals surface area (Å²) in [6.45, 7) is 19.7. The van der Waals surface area contributed by atoms with E-state index in [1.54, 1.807) is 0 Å². The van der Waals surface area contributed by atoms with E-state index in [1.165, 1.54) is 122 Å². The summed E-state index contributed by atoms with van der Waals surface area (Å²) in [4.78, 5) is 0. The van der Waals surface area contributed by atoms with Gasteiger partial charge in [0, 0.05) is 0 Å². The monoisotopic (exact) mass is 437 g/mol. The third kappa shape index (κ3) is 12.1. The van der Waals surface area contributed by atoms with Crippen molar-refractivity contribution in [2.45, 2.75) is 177 Å². The first kappa shape index (κ1) is 31.0. The number of hydrogen-bond acceptors (Lipinski definition) is 0. The highest BCUT2D eigenvalue weighted by Gasteiger charge is 2.46. The molecule has 0 nitrogen and oxygen atoms in total. The Bertz CT molecular complexity index is 376. The molecule has 0 aliphatic carbocycles. The van der Waals surface area contributed by atoms with Crippen LogP contribution in [0.25, 0.3) is 0 Å². The molecule has 3 unspecified atom stereocenters. The van der Waals surface area contributed by atoms with Crippen LogP contribution in [0.4, 0.5) is 0 Å². The highest BCUT2D eigenvalue weighted by molar-refractivity contribution is 4.96. The molecule has 0 aromatic heterocycles. The molecule has 0 radical (unpaired) electrons. The second-order valence-electron chi connectivity index (χ2n) is 11.9. The maximum absolute atomic E-state index is 2.56. The van der Waals surface area contributed by atoms with Crippen LogP contribution in [-0.4, -0.2) is 0 Å². The fraction of sp³-hybridized carbons (Fsp3) is 1.00. The average molecular weight is 437 g/mol. The Morgan fingerprint density at radius 1 is 0.484 bits per heavy atom. The molecule has 0 aliphatic rings. The van der Waals surface area contributed by atoms with E-state index < -0.39 is 0 Å². The second kappa shape index (κ2) is 18.4. The van der Waals surface area contributed by atoms with E-state index >= 15 is 0 Å². The first-order valence-corrected chi connectivity index (χ1v) is 14.8. The first-order valence-electron chi connectivity index (χ1n) is 14.8. The van der Waals surface area contributed by atoms with E-state index in [0.717, 1.165) is 11.8 Å². The maximum Gasteiger partial charge on any atom is -0.0239 e. The van der Waals surface area contributed by atoms with Crippen molar-refractivity contribution in [3.05, 3.63) is 0 Å². The Balaban J connectivity index is 5.65. The van der Waals surface area contributed by atoms with Gasteiger partial charge in [-0.05, 0) is 54.8 Å². The molecule has 0 spiro atoms. The molecule has 0 heterocycles. The summed E-state index contributed by atoms with van der Waals surface area (Å²) in [6.07, 6.45) is 27.2. The van der Waals surface area contributed by atoms with Crippen LogP contribution in [-0.2, 0) is 0 Å². The number of rotatable bonds is 21. The minimum absolute atomic E-state index is 0.418. The van der Waals surface area contributed by atoms with Gasteiger partial charge in [-0.15, -0.1) is 0 Å². The standard InChI is InChI=1S/C31H64/c1-9-14-17-19-20-22-26-28(25-21-18-15-10-2)31(13-5,27-23-16-11-3)29(24-12-4)30(6,7)8/h28-29H,9-27H2,1-8H3. The van der Waals surface area contributed by atoms with Gasteiger partial charge in [0.2, 0.25) is 0 Å². The van der Waals surface area contributed by atoms with Gasteiger partial charge >= 0.3 is 0 Å². The third-order valence-corrected chi connectivity index (χ3v) is 8.35. The molecule has 0 heteroatoms. The molecule has 31 heavy (non-hydrogen) atoms. The van der Waals surface area contributed by atoms with Gasteiger partial charge in [0.05, 0.1) is 0 Å². The summed E-state index contributed by atoms with van der Waals surface area (Å²) in [5.41, 5.74) is 0.972. The van der Waals surface area contributed by atoms with E-state index in [1.807, 2.05) is 0 Å². The lowest BCUT2D eigenvalue weighted by Gasteiger charge is -2.52. The maximum atomic E-state index is 2.56. The van der Waals surface area contributed by atoms with Gasteiger partial charge in [-0.1, -0.05) is 145 Å². The highest BCUT2D eigenvalue weighted by atomic mass is 14.5. The molecule has 0 N–H and O–H groups in total. The number of unbranched alkanes of at least 4 members (excludes halogenated alkanes) is 10. The van der Waals surface area contributed by atoms with Crippen molar-refractivity contribution in [1.82, 2.24) is 0 Å². The molecule has 0 rings (SSSR count). The lowest BCUT2D eigenvalue weighted by molar-refractivity contribution is -0.0292. The van der Waals surface area contributed by atoms with E-state index in [4.69, 9.17) is 0 Å². The third-order valence-electron chi connectivity index (χ3n) is 8.35. The summed E-state index contributed by atoms with van der Waals surface area (Å²) in [6, 6.07) is 0. The smallest absolute Gasteiger partial charge is 0.0239 e. The van der Waals surface area contributed by atoms with Crippen molar-refractivity contribution in [2.24, 2.45) is 22.7 Å². The van der Waals surface area contributed by atoms with Crippen LogP contribution >= 0.6 is 0 Å². The lowest BCUT2D eigenvalue weighted by Crippen LogP contribution is -2.44. The summed E-state index contributed by atoms with van der Waals surface area (Å²) < 4.78 is 0. The van der Waals surface area contributed by atoms with E-state index in [-0.39, 0.29) is 0 Å². The molecule has 0 aliphatic heterocycles. The zero-order chi connectivity index (χ0) is 23.6. The minimum Gasteiger partial charge on any atom is -0.0654 e. The molecule has 0 saturated heterocycles. The Labute approximate surface area is 200 Å². The van der Waals surface area contributed by atoms with Gasteiger partial charge in [-0.25, -0.2) is 0 Å². The molecule has 0 fully saturated rings. The Hall–Kier alpha value is 0. The minimum atomic E-state index is 0.418. The predicted octanol–water partition coefficient (Wildman–Crippen LogP) is 11.8. The zero-order valence-corrected chi connectivity index (χ0v) is 23.6. The van der Waals surface area contributed by atoms with Crippen LogP contribution in [0, 0.1) is 22.7 Å². The van der Waals surface area contributed by atoms with Crippen molar-refractivity contribution in [3.63, 3.8) is 0 Å². The SMILES string of the molecule is CCCCCCCCC(CCCCCC)C(CC)(CCCCC)C(CCC)C(C)(C)C. The first-order chi connectivity index (χ1) is 14.8. The molecular weight excluding hydrogens is 372 g/mol. The van der Waals surface area contributed by atoms with Crippen LogP contribution in [0.5, 0.6) is 0 Å². The Morgan fingerprint density at radius 3 is 1.39 bits per heavy atom. The Kier molecular flexibility index (Phi) is 18.4. The molecule has 0 bridgehead atoms. The molecule has 0 aromatic carbocycles. The highest BCUT2D eigenvalue weighted by Crippen LogP contribution is 2.55. The Morgan fingerprint density at radius 2 is 0.935 bits per heavy atom. The van der Waals surface area contributed by atoms with Gasteiger partial charge in [0.25, 0.3) is 0 Å². The molecule has 188 valence electrons. The van der Waals surface area contributed by atoms with Crippen molar-refractivity contribution in [2.75, 3.05) is 0 Å². The molecular formula is C31H64. The van der Waals surface area contributed by atoms with Crippen molar-refractivity contribution in [3.8, 4) is 0 Å².